The number of benzene rings is 1. The number of carbonyl (C=O) groups is 2. The Morgan fingerprint density at radius 1 is 1.31 bits per heavy atom. The van der Waals surface area contributed by atoms with E-state index in [4.69, 9.17) is 4.74 Å². The third kappa shape index (κ3) is 3.09. The molecule has 1 aromatic carbocycles. The molecule has 2 saturated heterocycles. The molecule has 1 aromatic heterocycles. The third-order valence-electron chi connectivity index (χ3n) is 5.22. The van der Waals surface area contributed by atoms with Crippen LogP contribution in [0.1, 0.15) is 53.7 Å². The number of hydrogen-bond donors (Lipinski definition) is 0. The number of carbonyl (C=O) groups excluding carboxylic acids is 2. The van der Waals surface area contributed by atoms with Gasteiger partial charge in [0, 0.05) is 12.6 Å². The Balaban J connectivity index is 1.42. The molecule has 3 heterocycles. The van der Waals surface area contributed by atoms with E-state index in [1.54, 1.807) is 17.8 Å². The lowest BCUT2D eigenvalue weighted by Gasteiger charge is -2.14. The predicted octanol–water partition coefficient (Wildman–Crippen LogP) is 1.98. The molecule has 0 N–H and O–H groups in total. The quantitative estimate of drug-likeness (QED) is 0.768. The summed E-state index contributed by atoms with van der Waals surface area (Å²) >= 11 is 0. The molecule has 0 saturated carbocycles. The van der Waals surface area contributed by atoms with Gasteiger partial charge in [0.2, 0.25) is 5.91 Å². The van der Waals surface area contributed by atoms with Gasteiger partial charge in [0.25, 0.3) is 0 Å². The van der Waals surface area contributed by atoms with Gasteiger partial charge in [0.1, 0.15) is 0 Å². The summed E-state index contributed by atoms with van der Waals surface area (Å²) in [6.45, 7) is 3.49. The summed E-state index contributed by atoms with van der Waals surface area (Å²) in [7, 11) is 0. The molecule has 7 nitrogen and oxygen atoms in total. The van der Waals surface area contributed by atoms with Crippen molar-refractivity contribution >= 4 is 11.9 Å². The second-order valence-electron chi connectivity index (χ2n) is 6.88. The third-order valence-corrected chi connectivity index (χ3v) is 5.22. The van der Waals surface area contributed by atoms with Crippen LogP contribution in [0.5, 0.6) is 0 Å². The van der Waals surface area contributed by atoms with Gasteiger partial charge in [0.05, 0.1) is 25.3 Å². The molecule has 2 fully saturated rings. The van der Waals surface area contributed by atoms with Crippen molar-refractivity contribution in [3.63, 3.8) is 0 Å². The molecule has 2 aliphatic heterocycles. The summed E-state index contributed by atoms with van der Waals surface area (Å²) in [6.07, 6.45) is 4.79. The molecule has 4 rings (SSSR count). The Labute approximate surface area is 151 Å². The second-order valence-corrected chi connectivity index (χ2v) is 6.88. The molecule has 1 amide bonds. The number of amides is 1. The van der Waals surface area contributed by atoms with E-state index in [0.29, 0.717) is 19.2 Å². The molecule has 2 atom stereocenters. The maximum Gasteiger partial charge on any atom is 0.360 e. The number of ether oxygens (including phenoxy) is 1. The Morgan fingerprint density at radius 3 is 2.85 bits per heavy atom. The standard InChI is InChI=1S/C19H22N4O3/c1-2-26-19(25)17-12-22(21-20-17)11-13-5-7-14(8-6-13)16-10-15-4-3-9-23(15)18(16)24/h5-8,12,15-16H,2-4,9-11H2,1H3. The summed E-state index contributed by atoms with van der Waals surface area (Å²) in [4.78, 5) is 26.2. The average molecular weight is 354 g/mol. The van der Waals surface area contributed by atoms with Gasteiger partial charge < -0.3 is 9.64 Å². The summed E-state index contributed by atoms with van der Waals surface area (Å²) in [6, 6.07) is 8.52. The first kappa shape index (κ1) is 16.8. The van der Waals surface area contributed by atoms with Gasteiger partial charge in [-0.15, -0.1) is 5.10 Å². The summed E-state index contributed by atoms with van der Waals surface area (Å²) in [5.74, 6) is -0.193. The number of nitrogens with zero attached hydrogens (tertiary/aromatic N) is 4. The van der Waals surface area contributed by atoms with Crippen molar-refractivity contribution in [2.45, 2.75) is 44.7 Å². The van der Waals surface area contributed by atoms with E-state index >= 15 is 0 Å². The maximum atomic E-state index is 12.5. The van der Waals surface area contributed by atoms with Crippen LogP contribution in [0.4, 0.5) is 0 Å². The van der Waals surface area contributed by atoms with Crippen molar-refractivity contribution in [1.29, 1.82) is 0 Å². The van der Waals surface area contributed by atoms with Gasteiger partial charge in [-0.3, -0.25) is 4.79 Å². The lowest BCUT2D eigenvalue weighted by Crippen LogP contribution is -2.28. The van der Waals surface area contributed by atoms with E-state index in [2.05, 4.69) is 10.3 Å². The van der Waals surface area contributed by atoms with Gasteiger partial charge in [-0.05, 0) is 37.3 Å². The van der Waals surface area contributed by atoms with Crippen molar-refractivity contribution in [2.75, 3.05) is 13.2 Å². The molecule has 0 bridgehead atoms. The normalized spacial score (nSPS) is 21.9. The first-order valence-corrected chi connectivity index (χ1v) is 9.12. The topological polar surface area (TPSA) is 77.3 Å². The van der Waals surface area contributed by atoms with E-state index in [-0.39, 0.29) is 17.5 Å². The van der Waals surface area contributed by atoms with Crippen LogP contribution in [-0.2, 0) is 16.1 Å². The molecule has 7 heteroatoms. The molecule has 136 valence electrons. The smallest absolute Gasteiger partial charge is 0.360 e. The molecule has 0 radical (unpaired) electrons. The van der Waals surface area contributed by atoms with E-state index in [0.717, 1.165) is 36.9 Å². The fourth-order valence-corrected chi connectivity index (χ4v) is 3.94. The minimum atomic E-state index is -0.464. The van der Waals surface area contributed by atoms with Crippen molar-refractivity contribution in [1.82, 2.24) is 19.9 Å². The largest absolute Gasteiger partial charge is 0.461 e. The second kappa shape index (κ2) is 6.90. The van der Waals surface area contributed by atoms with Crippen LogP contribution in [-0.4, -0.2) is 51.0 Å². The van der Waals surface area contributed by atoms with Gasteiger partial charge in [-0.25, -0.2) is 9.48 Å². The number of hydrogen-bond acceptors (Lipinski definition) is 5. The van der Waals surface area contributed by atoms with Crippen molar-refractivity contribution < 1.29 is 14.3 Å². The molecule has 2 aromatic rings. The van der Waals surface area contributed by atoms with Crippen LogP contribution in [0, 0.1) is 0 Å². The summed E-state index contributed by atoms with van der Waals surface area (Å²) in [5.41, 5.74) is 2.33. The lowest BCUT2D eigenvalue weighted by atomic mass is 9.94. The highest BCUT2D eigenvalue weighted by molar-refractivity contribution is 5.87. The maximum absolute atomic E-state index is 12.5. The molecule has 0 spiro atoms. The lowest BCUT2D eigenvalue weighted by molar-refractivity contribution is -0.129. The molecule has 2 aliphatic rings. The van der Waals surface area contributed by atoms with Gasteiger partial charge in [-0.1, -0.05) is 29.5 Å². The van der Waals surface area contributed by atoms with E-state index < -0.39 is 5.97 Å². The Hall–Kier alpha value is -2.70. The number of rotatable bonds is 5. The molecule has 26 heavy (non-hydrogen) atoms. The average Bonchev–Trinajstić information content (AvgIpc) is 3.34. The first-order chi connectivity index (χ1) is 12.7. The Bertz CT molecular complexity index is 814. The zero-order chi connectivity index (χ0) is 18.1. The fourth-order valence-electron chi connectivity index (χ4n) is 3.94. The fraction of sp³-hybridized carbons (Fsp3) is 0.474. The van der Waals surface area contributed by atoms with Crippen LogP contribution in [0.2, 0.25) is 0 Å². The Morgan fingerprint density at radius 2 is 2.12 bits per heavy atom. The first-order valence-electron chi connectivity index (χ1n) is 9.12. The monoisotopic (exact) mass is 354 g/mol. The van der Waals surface area contributed by atoms with Crippen LogP contribution in [0.3, 0.4) is 0 Å². The van der Waals surface area contributed by atoms with Crippen LogP contribution >= 0.6 is 0 Å². The van der Waals surface area contributed by atoms with Gasteiger partial charge in [-0.2, -0.15) is 0 Å². The highest BCUT2D eigenvalue weighted by Gasteiger charge is 2.42. The highest BCUT2D eigenvalue weighted by Crippen LogP contribution is 2.38. The summed E-state index contributed by atoms with van der Waals surface area (Å²) in [5, 5.41) is 7.81. The van der Waals surface area contributed by atoms with Crippen LogP contribution < -0.4 is 0 Å². The van der Waals surface area contributed by atoms with Crippen LogP contribution in [0.15, 0.2) is 30.5 Å². The minimum absolute atomic E-state index is 0.00358. The zero-order valence-corrected chi connectivity index (χ0v) is 14.8. The van der Waals surface area contributed by atoms with Crippen molar-refractivity contribution in [3.05, 3.63) is 47.3 Å². The molecular formula is C19H22N4O3. The van der Waals surface area contributed by atoms with Crippen LogP contribution in [0.25, 0.3) is 0 Å². The molecule has 0 aliphatic carbocycles. The minimum Gasteiger partial charge on any atom is -0.461 e. The van der Waals surface area contributed by atoms with Gasteiger partial charge in [0.15, 0.2) is 5.69 Å². The van der Waals surface area contributed by atoms with Crippen molar-refractivity contribution in [2.24, 2.45) is 0 Å². The van der Waals surface area contributed by atoms with Gasteiger partial charge >= 0.3 is 5.97 Å². The Kier molecular flexibility index (Phi) is 4.44. The van der Waals surface area contributed by atoms with E-state index in [1.807, 2.05) is 29.2 Å². The number of aromatic nitrogens is 3. The number of esters is 1. The van der Waals surface area contributed by atoms with E-state index in [9.17, 15) is 9.59 Å². The molecular weight excluding hydrogens is 332 g/mol. The summed E-state index contributed by atoms with van der Waals surface area (Å²) < 4.78 is 6.52. The molecule has 2 unspecified atom stereocenters. The SMILES string of the molecule is CCOC(=O)c1cn(Cc2ccc(C3CC4CCCN4C3=O)cc2)nn1. The van der Waals surface area contributed by atoms with Crippen molar-refractivity contribution in [3.8, 4) is 0 Å². The highest BCUT2D eigenvalue weighted by atomic mass is 16.5. The number of fused-ring (bicyclic) bond motifs is 1. The van der Waals surface area contributed by atoms with E-state index in [1.165, 1.54) is 0 Å². The predicted molar refractivity (Wildman–Crippen MR) is 93.6 cm³/mol. The zero-order valence-electron chi connectivity index (χ0n) is 14.8.